The van der Waals surface area contributed by atoms with Crippen LogP contribution in [0, 0.1) is 0 Å². The van der Waals surface area contributed by atoms with Gasteiger partial charge in [0.05, 0.1) is 6.42 Å². The van der Waals surface area contributed by atoms with Crippen molar-refractivity contribution in [1.82, 2.24) is 5.32 Å². The molecule has 0 saturated carbocycles. The summed E-state index contributed by atoms with van der Waals surface area (Å²) in [6, 6.07) is 0.195. The second kappa shape index (κ2) is 4.97. The lowest BCUT2D eigenvalue weighted by atomic mass is 10.1. The van der Waals surface area contributed by atoms with Gasteiger partial charge in [0.25, 0.3) is 0 Å². The van der Waals surface area contributed by atoms with Gasteiger partial charge in [0.2, 0.25) is 0 Å². The van der Waals surface area contributed by atoms with Crippen LogP contribution in [-0.4, -0.2) is 46.3 Å². The molecule has 2 heterocycles. The zero-order chi connectivity index (χ0) is 12.5. The van der Waals surface area contributed by atoms with Gasteiger partial charge in [-0.25, -0.2) is 4.79 Å². The van der Waals surface area contributed by atoms with E-state index in [1.165, 1.54) is 0 Å². The minimum atomic E-state index is -3.33. The number of carbonyl (C=O) groups is 1. The number of halogens is 2. The molecule has 98 valence electrons. The van der Waals surface area contributed by atoms with Gasteiger partial charge in [-0.05, 0) is 12.8 Å². The molecule has 0 spiro atoms. The maximum Gasteiger partial charge on any atom is 0.377 e. The fraction of sp³-hybridized carbons (Fsp3) is 0.900. The minimum Gasteiger partial charge on any atom is -0.456 e. The zero-order valence-corrected chi connectivity index (χ0v) is 10.1. The highest BCUT2D eigenvalue weighted by Crippen LogP contribution is 2.30. The van der Waals surface area contributed by atoms with Crippen molar-refractivity contribution in [2.75, 3.05) is 18.1 Å². The number of hydrogen-bond donors (Lipinski definition) is 1. The Morgan fingerprint density at radius 3 is 2.59 bits per heavy atom. The molecule has 2 saturated heterocycles. The number of carbonyl (C=O) groups excluding carboxylic acids is 1. The lowest BCUT2D eigenvalue weighted by molar-refractivity contribution is -0.159. The SMILES string of the molecule is O=C1OC(CNC2CCS(=O)CC2)CC1(F)F. The van der Waals surface area contributed by atoms with E-state index in [4.69, 9.17) is 0 Å². The predicted octanol–water partition coefficient (Wildman–Crippen LogP) is 0.438. The van der Waals surface area contributed by atoms with Crippen LogP contribution in [0.15, 0.2) is 0 Å². The lowest BCUT2D eigenvalue weighted by Gasteiger charge is -2.23. The summed E-state index contributed by atoms with van der Waals surface area (Å²) in [7, 11) is -0.730. The molecule has 0 amide bonds. The molecule has 2 aliphatic rings. The molecule has 2 rings (SSSR count). The first-order chi connectivity index (χ1) is 7.97. The molecule has 2 fully saturated rings. The summed E-state index contributed by atoms with van der Waals surface area (Å²) in [5.74, 6) is -3.45. The first-order valence-corrected chi connectivity index (χ1v) is 7.13. The monoisotopic (exact) mass is 267 g/mol. The summed E-state index contributed by atoms with van der Waals surface area (Å²) >= 11 is 0. The second-order valence-corrected chi connectivity index (χ2v) is 6.16. The average Bonchev–Trinajstić information content (AvgIpc) is 2.52. The molecule has 4 nitrogen and oxygen atoms in total. The summed E-state index contributed by atoms with van der Waals surface area (Å²) < 4.78 is 41.4. The standard InChI is InChI=1S/C10H15F2NO3S/c11-10(12)5-8(16-9(10)14)6-13-7-1-3-17(15)4-2-7/h7-8,13H,1-6H2. The van der Waals surface area contributed by atoms with Crippen LogP contribution in [0.4, 0.5) is 8.78 Å². The topological polar surface area (TPSA) is 55.4 Å². The maximum atomic E-state index is 12.9. The summed E-state index contributed by atoms with van der Waals surface area (Å²) in [5, 5.41) is 3.10. The highest BCUT2D eigenvalue weighted by atomic mass is 32.2. The third-order valence-corrected chi connectivity index (χ3v) is 4.46. The minimum absolute atomic E-state index is 0.195. The van der Waals surface area contributed by atoms with Crippen molar-refractivity contribution < 1.29 is 22.5 Å². The number of hydrogen-bond acceptors (Lipinski definition) is 4. The molecular formula is C10H15F2NO3S. The van der Waals surface area contributed by atoms with Crippen molar-refractivity contribution in [1.29, 1.82) is 0 Å². The van der Waals surface area contributed by atoms with Crippen molar-refractivity contribution in [2.24, 2.45) is 0 Å². The Hall–Kier alpha value is -0.560. The lowest BCUT2D eigenvalue weighted by Crippen LogP contribution is -2.39. The largest absolute Gasteiger partial charge is 0.456 e. The van der Waals surface area contributed by atoms with Gasteiger partial charge in [0.15, 0.2) is 0 Å². The van der Waals surface area contributed by atoms with Gasteiger partial charge >= 0.3 is 11.9 Å². The first kappa shape index (κ1) is 12.9. The maximum absolute atomic E-state index is 12.9. The highest BCUT2D eigenvalue weighted by molar-refractivity contribution is 7.85. The van der Waals surface area contributed by atoms with Crippen LogP contribution < -0.4 is 5.32 Å². The number of rotatable bonds is 3. The Morgan fingerprint density at radius 2 is 2.06 bits per heavy atom. The number of cyclic esters (lactones) is 1. The van der Waals surface area contributed by atoms with E-state index in [0.717, 1.165) is 12.8 Å². The van der Waals surface area contributed by atoms with E-state index < -0.39 is 35.2 Å². The van der Waals surface area contributed by atoms with Gasteiger partial charge in [-0.1, -0.05) is 0 Å². The molecule has 1 atom stereocenters. The zero-order valence-electron chi connectivity index (χ0n) is 9.29. The number of ether oxygens (including phenoxy) is 1. The highest BCUT2D eigenvalue weighted by Gasteiger charge is 2.50. The van der Waals surface area contributed by atoms with Crippen LogP contribution in [-0.2, 0) is 20.3 Å². The Kier molecular flexibility index (Phi) is 3.77. The van der Waals surface area contributed by atoms with Crippen LogP contribution in [0.1, 0.15) is 19.3 Å². The first-order valence-electron chi connectivity index (χ1n) is 5.64. The predicted molar refractivity (Wildman–Crippen MR) is 58.3 cm³/mol. The van der Waals surface area contributed by atoms with E-state index >= 15 is 0 Å². The molecule has 0 aromatic rings. The van der Waals surface area contributed by atoms with Gasteiger partial charge in [0.1, 0.15) is 6.10 Å². The summed E-state index contributed by atoms with van der Waals surface area (Å²) in [4.78, 5) is 10.8. The fourth-order valence-corrected chi connectivity index (χ4v) is 3.36. The Morgan fingerprint density at radius 1 is 1.41 bits per heavy atom. The molecule has 2 aliphatic heterocycles. The van der Waals surface area contributed by atoms with E-state index in [2.05, 4.69) is 10.1 Å². The van der Waals surface area contributed by atoms with Crippen molar-refractivity contribution >= 4 is 16.8 Å². The van der Waals surface area contributed by atoms with Gasteiger partial charge in [-0.2, -0.15) is 8.78 Å². The molecule has 0 aromatic carbocycles. The van der Waals surface area contributed by atoms with Gasteiger partial charge in [-0.3, -0.25) is 4.21 Å². The van der Waals surface area contributed by atoms with Gasteiger partial charge < -0.3 is 10.1 Å². The number of alkyl halides is 2. The molecule has 0 radical (unpaired) electrons. The molecule has 0 aromatic heterocycles. The second-order valence-electron chi connectivity index (χ2n) is 4.47. The third kappa shape index (κ3) is 3.22. The van der Waals surface area contributed by atoms with Gasteiger partial charge in [-0.15, -0.1) is 0 Å². The quantitative estimate of drug-likeness (QED) is 0.754. The van der Waals surface area contributed by atoms with Crippen LogP contribution in [0.2, 0.25) is 0 Å². The molecular weight excluding hydrogens is 252 g/mol. The van der Waals surface area contributed by atoms with Crippen molar-refractivity contribution in [3.8, 4) is 0 Å². The molecule has 7 heteroatoms. The Labute approximate surface area is 101 Å². The number of esters is 1. The van der Waals surface area contributed by atoms with E-state index in [1.54, 1.807) is 0 Å². The van der Waals surface area contributed by atoms with Crippen LogP contribution >= 0.6 is 0 Å². The molecule has 17 heavy (non-hydrogen) atoms. The van der Waals surface area contributed by atoms with Crippen LogP contribution in [0.3, 0.4) is 0 Å². The van der Waals surface area contributed by atoms with Crippen molar-refractivity contribution in [3.05, 3.63) is 0 Å². The third-order valence-electron chi connectivity index (χ3n) is 3.08. The van der Waals surface area contributed by atoms with Gasteiger partial charge in [0, 0.05) is 34.9 Å². The van der Waals surface area contributed by atoms with E-state index in [-0.39, 0.29) is 12.6 Å². The van der Waals surface area contributed by atoms with Crippen LogP contribution in [0.5, 0.6) is 0 Å². The molecule has 0 aliphatic carbocycles. The molecule has 0 bridgehead atoms. The molecule has 1 N–H and O–H groups in total. The fourth-order valence-electron chi connectivity index (χ4n) is 2.06. The van der Waals surface area contributed by atoms with Crippen molar-refractivity contribution in [3.63, 3.8) is 0 Å². The van der Waals surface area contributed by atoms with E-state index in [1.807, 2.05) is 0 Å². The Bertz CT molecular complexity index is 328. The van der Waals surface area contributed by atoms with Crippen molar-refractivity contribution in [2.45, 2.75) is 37.3 Å². The Balaban J connectivity index is 1.73. The molecule has 1 unspecified atom stereocenters. The normalized spacial score (nSPS) is 36.8. The summed E-state index contributed by atoms with van der Waals surface area (Å²) in [5.41, 5.74) is 0. The summed E-state index contributed by atoms with van der Waals surface area (Å²) in [6.07, 6.45) is 0.273. The average molecular weight is 267 g/mol. The van der Waals surface area contributed by atoms with Crippen LogP contribution in [0.25, 0.3) is 0 Å². The summed E-state index contributed by atoms with van der Waals surface area (Å²) in [6.45, 7) is 0.249. The smallest absolute Gasteiger partial charge is 0.377 e. The number of nitrogens with one attached hydrogen (secondary N) is 1. The van der Waals surface area contributed by atoms with E-state index in [0.29, 0.717) is 11.5 Å². The van der Waals surface area contributed by atoms with E-state index in [9.17, 15) is 17.8 Å².